The summed E-state index contributed by atoms with van der Waals surface area (Å²) in [5, 5.41) is 20.4. The standard InChI is InChI=1S/C10H17N6O12P3/c11-8-5-9(13-2-12-8)16(3-14-5)10-7(18)6(17)4(27-10)1-26-31(24,25)28-30(22,23)15-29(19,20)21/h2-4,6-7,10,17-18H,1H2,(H,24,25)(H2,11,12,13)(H4,15,19,20,21,22,23)/t4-,6+,7-,10+/m0/s1. The molecule has 0 bridgehead atoms. The van der Waals surface area contributed by atoms with Crippen LogP contribution in [-0.2, 0) is 27.3 Å². The quantitative estimate of drug-likeness (QED) is 0.179. The van der Waals surface area contributed by atoms with E-state index in [2.05, 4.69) is 23.8 Å². The zero-order valence-electron chi connectivity index (χ0n) is 15.0. The maximum Gasteiger partial charge on any atom is 0.480 e. The van der Waals surface area contributed by atoms with Crippen LogP contribution in [0.3, 0.4) is 0 Å². The van der Waals surface area contributed by atoms with Gasteiger partial charge in [-0.15, -0.1) is 4.86 Å². The largest absolute Gasteiger partial charge is 0.480 e. The SMILES string of the molecule is Nc1ncnc2c1ncn2[C@@H]1O[C@@H](COP(=O)(O)OP(=O)(O)NP(=O)(O)O)[C@@H](O)[C@@H]1O. The van der Waals surface area contributed by atoms with E-state index in [1.54, 1.807) is 0 Å². The van der Waals surface area contributed by atoms with Crippen molar-refractivity contribution >= 4 is 40.3 Å². The van der Waals surface area contributed by atoms with Crippen molar-refractivity contribution in [2.24, 2.45) is 0 Å². The topological polar surface area (TPSA) is 282 Å². The first-order valence-corrected chi connectivity index (χ1v) is 12.7. The molecule has 0 aliphatic carbocycles. The zero-order chi connectivity index (χ0) is 23.2. The van der Waals surface area contributed by atoms with Gasteiger partial charge in [-0.2, -0.15) is 4.31 Å². The molecule has 174 valence electrons. The Kier molecular flexibility index (Phi) is 6.68. The maximum absolute atomic E-state index is 11.8. The second-order valence-corrected chi connectivity index (χ2v) is 10.9. The number of aliphatic hydroxyl groups is 2. The van der Waals surface area contributed by atoms with Gasteiger partial charge in [-0.1, -0.05) is 0 Å². The summed E-state index contributed by atoms with van der Waals surface area (Å²) >= 11 is 0. The third-order valence-corrected chi connectivity index (χ3v) is 8.11. The average Bonchev–Trinajstić information content (AvgIpc) is 3.13. The monoisotopic (exact) mass is 506 g/mol. The summed E-state index contributed by atoms with van der Waals surface area (Å²) in [5.74, 6) is 0.0485. The van der Waals surface area contributed by atoms with Gasteiger partial charge in [-0.25, -0.2) is 28.6 Å². The van der Waals surface area contributed by atoms with Gasteiger partial charge in [-0.3, -0.25) is 9.09 Å². The van der Waals surface area contributed by atoms with Crippen LogP contribution in [0.15, 0.2) is 12.7 Å². The summed E-state index contributed by atoms with van der Waals surface area (Å²) in [6.45, 7) is -0.928. The van der Waals surface area contributed by atoms with Crippen molar-refractivity contribution in [2.45, 2.75) is 24.5 Å². The van der Waals surface area contributed by atoms with E-state index in [4.69, 9.17) is 20.3 Å². The van der Waals surface area contributed by atoms with Crippen LogP contribution in [0.25, 0.3) is 11.2 Å². The van der Waals surface area contributed by atoms with Crippen molar-refractivity contribution < 1.29 is 57.1 Å². The molecule has 0 aromatic carbocycles. The van der Waals surface area contributed by atoms with Crippen LogP contribution in [0.4, 0.5) is 5.82 Å². The number of aliphatic hydroxyl groups excluding tert-OH is 2. The number of nitrogen functional groups attached to an aromatic ring is 1. The molecular formula is C10H17N6O12P3. The first-order chi connectivity index (χ1) is 14.2. The van der Waals surface area contributed by atoms with Gasteiger partial charge in [0.1, 0.15) is 30.2 Å². The molecule has 9 N–H and O–H groups in total. The fraction of sp³-hybridized carbons (Fsp3) is 0.500. The van der Waals surface area contributed by atoms with E-state index in [-0.39, 0.29) is 17.0 Å². The van der Waals surface area contributed by atoms with E-state index in [0.29, 0.717) is 0 Å². The number of nitrogens with zero attached hydrogens (tertiary/aromatic N) is 4. The van der Waals surface area contributed by atoms with Gasteiger partial charge in [0, 0.05) is 0 Å². The Hall–Kier alpha value is -1.36. The molecular weight excluding hydrogens is 489 g/mol. The molecule has 2 aromatic rings. The van der Waals surface area contributed by atoms with Gasteiger partial charge in [0.25, 0.3) is 0 Å². The Morgan fingerprint density at radius 3 is 2.45 bits per heavy atom. The van der Waals surface area contributed by atoms with Crippen molar-refractivity contribution in [3.8, 4) is 0 Å². The van der Waals surface area contributed by atoms with Gasteiger partial charge >= 0.3 is 23.3 Å². The van der Waals surface area contributed by atoms with Crippen LogP contribution >= 0.6 is 23.3 Å². The molecule has 1 aliphatic rings. The van der Waals surface area contributed by atoms with Gasteiger partial charge in [-0.05, 0) is 0 Å². The predicted molar refractivity (Wildman–Crippen MR) is 97.5 cm³/mol. The molecule has 18 nitrogen and oxygen atoms in total. The van der Waals surface area contributed by atoms with Crippen molar-refractivity contribution in [1.82, 2.24) is 24.4 Å². The number of nitrogens with two attached hydrogens (primary N) is 1. The summed E-state index contributed by atoms with van der Waals surface area (Å²) in [5.41, 5.74) is 6.02. The summed E-state index contributed by atoms with van der Waals surface area (Å²) in [4.78, 5) is 48.5. The highest BCUT2D eigenvalue weighted by Gasteiger charge is 2.46. The highest BCUT2D eigenvalue weighted by Crippen LogP contribution is 2.61. The van der Waals surface area contributed by atoms with Crippen LogP contribution in [0.2, 0.25) is 0 Å². The molecule has 0 saturated carbocycles. The van der Waals surface area contributed by atoms with Gasteiger partial charge < -0.3 is 40.3 Å². The number of hydrogen-bond acceptors (Lipinski definition) is 12. The third-order valence-electron chi connectivity index (χ3n) is 3.87. The number of imidazole rings is 1. The number of rotatable bonds is 8. The number of ether oxygens (including phenoxy) is 1. The summed E-state index contributed by atoms with van der Waals surface area (Å²) < 4.78 is 48.9. The number of anilines is 1. The Morgan fingerprint density at radius 2 is 1.81 bits per heavy atom. The minimum Gasteiger partial charge on any atom is -0.387 e. The fourth-order valence-electron chi connectivity index (χ4n) is 2.67. The summed E-state index contributed by atoms with van der Waals surface area (Å²) in [6.07, 6.45) is -3.62. The van der Waals surface area contributed by atoms with Crippen molar-refractivity contribution in [2.75, 3.05) is 12.3 Å². The van der Waals surface area contributed by atoms with E-state index in [9.17, 15) is 33.7 Å². The van der Waals surface area contributed by atoms with E-state index in [1.807, 2.05) is 0 Å². The molecule has 2 unspecified atom stereocenters. The van der Waals surface area contributed by atoms with Crippen molar-refractivity contribution in [3.05, 3.63) is 12.7 Å². The Morgan fingerprint density at radius 1 is 1.13 bits per heavy atom. The van der Waals surface area contributed by atoms with E-state index >= 15 is 0 Å². The van der Waals surface area contributed by atoms with Gasteiger partial charge in [0.05, 0.1) is 12.9 Å². The molecule has 1 aliphatic heterocycles. The van der Waals surface area contributed by atoms with Gasteiger partial charge in [0.15, 0.2) is 17.7 Å². The van der Waals surface area contributed by atoms with E-state index in [0.717, 1.165) is 11.2 Å². The Labute approximate surface area is 172 Å². The number of aromatic nitrogens is 4. The van der Waals surface area contributed by atoms with Crippen molar-refractivity contribution in [1.29, 1.82) is 0 Å². The lowest BCUT2D eigenvalue weighted by Gasteiger charge is -2.19. The first-order valence-electron chi connectivity index (χ1n) is 8.00. The Bertz CT molecular complexity index is 1110. The number of nitrogens with one attached hydrogen (secondary N) is 1. The third kappa shape index (κ3) is 5.71. The second-order valence-electron chi connectivity index (χ2n) is 6.14. The van der Waals surface area contributed by atoms with E-state index in [1.165, 1.54) is 10.9 Å². The molecule has 21 heteroatoms. The average molecular weight is 506 g/mol. The first kappa shape index (κ1) is 24.3. The van der Waals surface area contributed by atoms with Crippen LogP contribution in [0, 0.1) is 0 Å². The smallest absolute Gasteiger partial charge is 0.387 e. The summed E-state index contributed by atoms with van der Waals surface area (Å²) in [7, 11) is -16.1. The molecule has 3 rings (SSSR count). The molecule has 0 spiro atoms. The highest BCUT2D eigenvalue weighted by molar-refractivity contribution is 7.70. The van der Waals surface area contributed by atoms with Crippen LogP contribution in [0.1, 0.15) is 6.23 Å². The van der Waals surface area contributed by atoms with E-state index < -0.39 is 54.5 Å². The second kappa shape index (κ2) is 8.53. The van der Waals surface area contributed by atoms with Crippen molar-refractivity contribution in [3.63, 3.8) is 0 Å². The fourth-order valence-corrected chi connectivity index (χ4v) is 6.10. The normalized spacial score (nSPS) is 28.5. The zero-order valence-corrected chi connectivity index (χ0v) is 17.7. The molecule has 1 fully saturated rings. The Balaban J connectivity index is 1.69. The molecule has 2 aromatic heterocycles. The molecule has 0 radical (unpaired) electrons. The van der Waals surface area contributed by atoms with Crippen LogP contribution in [0.5, 0.6) is 0 Å². The lowest BCUT2D eigenvalue weighted by Crippen LogP contribution is -2.33. The number of phosphoric acid groups is 1. The number of hydrogen-bond donors (Lipinski definition) is 8. The predicted octanol–water partition coefficient (Wildman–Crippen LogP) is -2.06. The maximum atomic E-state index is 11.8. The van der Waals surface area contributed by atoms with Crippen LogP contribution < -0.4 is 10.6 Å². The summed E-state index contributed by atoms with van der Waals surface area (Å²) in [6, 6.07) is 0. The minimum absolute atomic E-state index is 0.0485. The van der Waals surface area contributed by atoms with Crippen LogP contribution in [-0.4, -0.2) is 74.2 Å². The highest BCUT2D eigenvalue weighted by atomic mass is 31.3. The molecule has 3 heterocycles. The lowest BCUT2D eigenvalue weighted by atomic mass is 10.1. The number of fused-ring (bicyclic) bond motifs is 1. The van der Waals surface area contributed by atoms with Gasteiger partial charge in [0.2, 0.25) is 0 Å². The molecule has 6 atom stereocenters. The lowest BCUT2D eigenvalue weighted by molar-refractivity contribution is -0.0502. The molecule has 1 saturated heterocycles. The molecule has 0 amide bonds. The minimum atomic E-state index is -5.45. The molecule has 31 heavy (non-hydrogen) atoms. The number of phosphoric ester groups is 1.